The Kier molecular flexibility index (Phi) is 18.6. The van der Waals surface area contributed by atoms with Gasteiger partial charge in [0.1, 0.15) is 0 Å². The first-order valence-electron chi connectivity index (χ1n) is 24.4. The predicted octanol–water partition coefficient (Wildman–Crippen LogP) is 17.5. The van der Waals surface area contributed by atoms with Crippen LogP contribution >= 0.6 is 0 Å². The molecule has 0 radical (unpaired) electrons. The van der Waals surface area contributed by atoms with Crippen LogP contribution in [0.2, 0.25) is 0 Å². The molecule has 0 fully saturated rings. The SMILES string of the molecule is CC.CC.CC.CC.CN(C)c1cccc(-c2ccc3c4ccccc4n(C)c3c2)c1.CN(C)c1cccc(-c2ccc3c4ccccc4n(C)c3c2)c1.c1ccc2c(c1)Cc1ccccc1-2. The van der Waals surface area contributed by atoms with E-state index in [4.69, 9.17) is 0 Å². The van der Waals surface area contributed by atoms with E-state index >= 15 is 0 Å². The molecule has 4 nitrogen and oxygen atoms in total. The van der Waals surface area contributed by atoms with E-state index in [0.717, 1.165) is 6.42 Å². The van der Waals surface area contributed by atoms with Crippen LogP contribution in [0.15, 0.2) is 182 Å². The second-order valence-corrected chi connectivity index (χ2v) is 16.0. The molecule has 67 heavy (non-hydrogen) atoms. The number of anilines is 2. The Morgan fingerprint density at radius 2 is 0.642 bits per heavy atom. The van der Waals surface area contributed by atoms with Crippen LogP contribution in [-0.2, 0) is 20.5 Å². The third-order valence-electron chi connectivity index (χ3n) is 11.9. The number of fused-ring (bicyclic) bond motifs is 9. The number of rotatable bonds is 4. The van der Waals surface area contributed by atoms with Gasteiger partial charge in [-0.2, -0.15) is 0 Å². The van der Waals surface area contributed by atoms with E-state index in [2.05, 4.69) is 243 Å². The van der Waals surface area contributed by atoms with Crippen molar-refractivity contribution in [3.8, 4) is 33.4 Å². The third kappa shape index (κ3) is 11.2. The molecule has 0 N–H and O–H groups in total. The lowest BCUT2D eigenvalue weighted by atomic mass is 10.0. The largest absolute Gasteiger partial charge is 0.378 e. The van der Waals surface area contributed by atoms with Gasteiger partial charge >= 0.3 is 0 Å². The molecule has 1 aliphatic rings. The molecule has 10 aromatic rings. The molecular weight excluding hydrogens is 813 g/mol. The number of hydrogen-bond acceptors (Lipinski definition) is 2. The molecule has 346 valence electrons. The summed E-state index contributed by atoms with van der Waals surface area (Å²) >= 11 is 0. The van der Waals surface area contributed by atoms with Gasteiger partial charge in [0, 0.05) is 97.3 Å². The average molecular weight is 887 g/mol. The van der Waals surface area contributed by atoms with Crippen LogP contribution in [0.1, 0.15) is 66.5 Å². The number of para-hydroxylation sites is 2. The van der Waals surface area contributed by atoms with Crippen molar-refractivity contribution >= 4 is 55.0 Å². The van der Waals surface area contributed by atoms with Gasteiger partial charge in [-0.05, 0) is 99.5 Å². The highest BCUT2D eigenvalue weighted by molar-refractivity contribution is 6.10. The summed E-state index contributed by atoms with van der Waals surface area (Å²) in [4.78, 5) is 4.28. The molecule has 1 aliphatic carbocycles. The molecule has 2 aromatic heterocycles. The molecule has 4 heteroatoms. The van der Waals surface area contributed by atoms with Crippen molar-refractivity contribution in [1.29, 1.82) is 0 Å². The second-order valence-electron chi connectivity index (χ2n) is 16.0. The number of hydrogen-bond donors (Lipinski definition) is 0. The Hall–Kier alpha value is -7.04. The minimum atomic E-state index is 1.10. The van der Waals surface area contributed by atoms with E-state index in [1.54, 1.807) is 0 Å². The first-order chi connectivity index (χ1) is 32.7. The molecular formula is C63H74N4. The normalized spacial score (nSPS) is 10.5. The highest BCUT2D eigenvalue weighted by atomic mass is 15.1. The molecule has 0 atom stereocenters. The second kappa shape index (κ2) is 24.5. The van der Waals surface area contributed by atoms with Crippen LogP contribution in [0.25, 0.3) is 77.0 Å². The Labute approximate surface area is 402 Å². The summed E-state index contributed by atoms with van der Waals surface area (Å²) in [5, 5.41) is 5.27. The van der Waals surface area contributed by atoms with Crippen molar-refractivity contribution in [2.45, 2.75) is 61.8 Å². The van der Waals surface area contributed by atoms with E-state index < -0.39 is 0 Å². The van der Waals surface area contributed by atoms with Crippen molar-refractivity contribution < 1.29 is 0 Å². The third-order valence-corrected chi connectivity index (χ3v) is 11.9. The monoisotopic (exact) mass is 887 g/mol. The number of aryl methyl sites for hydroxylation is 2. The maximum absolute atomic E-state index is 2.30. The number of aromatic nitrogens is 2. The Balaban J connectivity index is 0.000000180. The fraction of sp³-hybridized carbons (Fsp3) is 0.238. The smallest absolute Gasteiger partial charge is 0.0494 e. The van der Waals surface area contributed by atoms with E-state index in [1.807, 2.05) is 55.4 Å². The lowest BCUT2D eigenvalue weighted by Crippen LogP contribution is -2.08. The fourth-order valence-electron chi connectivity index (χ4n) is 8.69. The summed E-state index contributed by atoms with van der Waals surface area (Å²) in [6, 6.07) is 65.4. The Morgan fingerprint density at radius 1 is 0.313 bits per heavy atom. The minimum absolute atomic E-state index is 1.10. The zero-order chi connectivity index (χ0) is 48.6. The first-order valence-corrected chi connectivity index (χ1v) is 24.4. The maximum atomic E-state index is 2.30. The molecule has 2 heterocycles. The average Bonchev–Trinajstić information content (AvgIpc) is 4.03. The van der Waals surface area contributed by atoms with Crippen molar-refractivity contribution in [3.05, 3.63) is 193 Å². The molecule has 0 amide bonds. The summed E-state index contributed by atoms with van der Waals surface area (Å²) in [6.45, 7) is 16.0. The van der Waals surface area contributed by atoms with Crippen LogP contribution < -0.4 is 9.80 Å². The van der Waals surface area contributed by atoms with Crippen LogP contribution in [0.4, 0.5) is 11.4 Å². The standard InChI is InChI=1S/2C21H20N2.C13H10.4C2H6/c2*1-22(2)17-8-6-7-15(13-17)16-11-12-19-18-9-4-5-10-20(18)23(3)21(19)14-16;1-3-7-12-10(5-1)9-11-6-2-4-8-13(11)12;4*1-2/h2*4-14H,1-3H3;1-8H,9H2;4*1-2H3. The molecule has 0 spiro atoms. The zero-order valence-electron chi connectivity index (χ0n) is 42.8. The van der Waals surface area contributed by atoms with E-state index in [-0.39, 0.29) is 0 Å². The van der Waals surface area contributed by atoms with Gasteiger partial charge in [-0.25, -0.2) is 0 Å². The van der Waals surface area contributed by atoms with Crippen molar-refractivity contribution in [2.75, 3.05) is 38.0 Å². The molecule has 8 aromatic carbocycles. The van der Waals surface area contributed by atoms with Gasteiger partial charge in [-0.3, -0.25) is 0 Å². The Morgan fingerprint density at radius 3 is 1.03 bits per heavy atom. The van der Waals surface area contributed by atoms with E-state index in [0.29, 0.717) is 0 Å². The van der Waals surface area contributed by atoms with Gasteiger partial charge < -0.3 is 18.9 Å². The van der Waals surface area contributed by atoms with Crippen LogP contribution in [-0.4, -0.2) is 37.3 Å². The summed E-state index contributed by atoms with van der Waals surface area (Å²) < 4.78 is 4.56. The molecule has 0 saturated heterocycles. The van der Waals surface area contributed by atoms with Crippen molar-refractivity contribution in [1.82, 2.24) is 9.13 Å². The summed E-state index contributed by atoms with van der Waals surface area (Å²) in [5.41, 5.74) is 18.3. The minimum Gasteiger partial charge on any atom is -0.378 e. The van der Waals surface area contributed by atoms with Gasteiger partial charge in [-0.15, -0.1) is 0 Å². The fourth-order valence-corrected chi connectivity index (χ4v) is 8.69. The van der Waals surface area contributed by atoms with E-state index in [9.17, 15) is 0 Å². The van der Waals surface area contributed by atoms with Gasteiger partial charge in [0.05, 0.1) is 0 Å². The van der Waals surface area contributed by atoms with Crippen LogP contribution in [0, 0.1) is 0 Å². The number of benzene rings is 8. The quantitative estimate of drug-likeness (QED) is 0.175. The topological polar surface area (TPSA) is 16.3 Å². The highest BCUT2D eigenvalue weighted by Crippen LogP contribution is 2.37. The van der Waals surface area contributed by atoms with Crippen LogP contribution in [0.3, 0.4) is 0 Å². The number of nitrogens with zero attached hydrogens (tertiary/aromatic N) is 4. The van der Waals surface area contributed by atoms with Gasteiger partial charge in [-0.1, -0.05) is 189 Å². The van der Waals surface area contributed by atoms with Gasteiger partial charge in [0.2, 0.25) is 0 Å². The first kappa shape index (κ1) is 51.0. The van der Waals surface area contributed by atoms with Crippen LogP contribution in [0.5, 0.6) is 0 Å². The predicted molar refractivity (Wildman–Crippen MR) is 300 cm³/mol. The van der Waals surface area contributed by atoms with Crippen molar-refractivity contribution in [2.24, 2.45) is 14.1 Å². The van der Waals surface area contributed by atoms with E-state index in [1.165, 1.54) is 99.5 Å². The summed E-state index contributed by atoms with van der Waals surface area (Å²) in [6.07, 6.45) is 1.10. The summed E-state index contributed by atoms with van der Waals surface area (Å²) in [7, 11) is 12.6. The molecule has 0 saturated carbocycles. The zero-order valence-corrected chi connectivity index (χ0v) is 42.8. The van der Waals surface area contributed by atoms with Gasteiger partial charge in [0.25, 0.3) is 0 Å². The van der Waals surface area contributed by atoms with Gasteiger partial charge in [0.15, 0.2) is 0 Å². The highest BCUT2D eigenvalue weighted by Gasteiger charge is 2.16. The molecule has 0 unspecified atom stereocenters. The summed E-state index contributed by atoms with van der Waals surface area (Å²) in [5.74, 6) is 0. The Bertz CT molecular complexity index is 2910. The molecule has 0 aliphatic heterocycles. The lowest BCUT2D eigenvalue weighted by molar-refractivity contribution is 1.01. The lowest BCUT2D eigenvalue weighted by Gasteiger charge is -2.13. The molecule has 11 rings (SSSR count). The molecule has 0 bridgehead atoms. The van der Waals surface area contributed by atoms with Crippen molar-refractivity contribution in [3.63, 3.8) is 0 Å². The maximum Gasteiger partial charge on any atom is 0.0494 e.